The number of morpholine rings is 1. The summed E-state index contributed by atoms with van der Waals surface area (Å²) in [4.78, 5) is 4.05. The van der Waals surface area contributed by atoms with Gasteiger partial charge < -0.3 is 14.6 Å². The van der Waals surface area contributed by atoms with E-state index in [1.165, 1.54) is 24.3 Å². The molecule has 212 valence electrons. The molecule has 1 N–H and O–H groups in total. The Morgan fingerprint density at radius 3 is 2.08 bits per heavy atom. The van der Waals surface area contributed by atoms with Gasteiger partial charge in [0.25, 0.3) is 0 Å². The van der Waals surface area contributed by atoms with Crippen molar-refractivity contribution in [1.82, 2.24) is 9.80 Å². The standard InChI is InChI=1S/C27H27F7N2O3/c28-22-6-4-18(5-7-22)24-25(38-13-12-36(24)11-2-1-8-35-9-3-10-35)39-23(17-37)19-14-20(26(29,30)31)16-21(15-19)27(32,33)34/h4-7,14-16,23-25,37H,3,8-13,17H2. The van der Waals surface area contributed by atoms with Gasteiger partial charge in [-0.2, -0.15) is 26.3 Å². The molecule has 2 aromatic carbocycles. The molecule has 5 nitrogen and oxygen atoms in total. The Morgan fingerprint density at radius 1 is 0.923 bits per heavy atom. The number of likely N-dealkylation sites (tertiary alicyclic amines) is 1. The molecule has 0 aliphatic carbocycles. The van der Waals surface area contributed by atoms with Crippen LogP contribution in [0.4, 0.5) is 30.7 Å². The summed E-state index contributed by atoms with van der Waals surface area (Å²) >= 11 is 0. The van der Waals surface area contributed by atoms with Gasteiger partial charge in [-0.15, -0.1) is 0 Å². The van der Waals surface area contributed by atoms with E-state index >= 15 is 0 Å². The van der Waals surface area contributed by atoms with Crippen molar-refractivity contribution < 1.29 is 45.3 Å². The first kappa shape index (κ1) is 29.3. The normalized spacial score (nSPS) is 21.6. The lowest BCUT2D eigenvalue weighted by molar-refractivity contribution is -0.235. The Balaban J connectivity index is 1.62. The number of hydrogen-bond acceptors (Lipinski definition) is 5. The topological polar surface area (TPSA) is 45.2 Å². The molecule has 2 saturated heterocycles. The molecule has 2 fully saturated rings. The second kappa shape index (κ2) is 12.2. The van der Waals surface area contributed by atoms with Gasteiger partial charge in [0.1, 0.15) is 11.9 Å². The van der Waals surface area contributed by atoms with E-state index in [0.717, 1.165) is 19.5 Å². The van der Waals surface area contributed by atoms with Crippen molar-refractivity contribution in [2.24, 2.45) is 0 Å². The molecule has 0 saturated carbocycles. The molecule has 0 bridgehead atoms. The predicted octanol–water partition coefficient (Wildman–Crippen LogP) is 5.02. The maximum absolute atomic E-state index is 13.6. The van der Waals surface area contributed by atoms with E-state index in [-0.39, 0.29) is 19.2 Å². The number of halogens is 7. The molecule has 2 aliphatic heterocycles. The highest BCUT2D eigenvalue weighted by Crippen LogP contribution is 2.39. The van der Waals surface area contributed by atoms with E-state index in [0.29, 0.717) is 30.8 Å². The summed E-state index contributed by atoms with van der Waals surface area (Å²) in [6, 6.07) is 5.75. The summed E-state index contributed by atoms with van der Waals surface area (Å²) in [6.45, 7) is 2.45. The van der Waals surface area contributed by atoms with Gasteiger partial charge >= 0.3 is 12.4 Å². The Kier molecular flexibility index (Phi) is 9.18. The van der Waals surface area contributed by atoms with Crippen molar-refractivity contribution in [3.8, 4) is 11.8 Å². The number of rotatable bonds is 7. The largest absolute Gasteiger partial charge is 0.416 e. The minimum Gasteiger partial charge on any atom is -0.393 e. The first-order valence-electron chi connectivity index (χ1n) is 12.3. The Morgan fingerprint density at radius 2 is 1.54 bits per heavy atom. The number of hydrogen-bond donors (Lipinski definition) is 1. The van der Waals surface area contributed by atoms with E-state index in [9.17, 15) is 35.8 Å². The summed E-state index contributed by atoms with van der Waals surface area (Å²) in [7, 11) is 0. The Bertz CT molecular complexity index is 1140. The summed E-state index contributed by atoms with van der Waals surface area (Å²) in [5.41, 5.74) is -3.00. The molecule has 12 heteroatoms. The van der Waals surface area contributed by atoms with E-state index in [1.54, 1.807) is 0 Å². The first-order valence-corrected chi connectivity index (χ1v) is 12.3. The van der Waals surface area contributed by atoms with Gasteiger partial charge in [-0.1, -0.05) is 24.0 Å². The van der Waals surface area contributed by atoms with Gasteiger partial charge in [0, 0.05) is 19.6 Å². The van der Waals surface area contributed by atoms with Crippen LogP contribution < -0.4 is 0 Å². The lowest BCUT2D eigenvalue weighted by atomic mass is 10.00. The predicted molar refractivity (Wildman–Crippen MR) is 127 cm³/mol. The third-order valence-corrected chi connectivity index (χ3v) is 6.63. The van der Waals surface area contributed by atoms with Gasteiger partial charge in [0.05, 0.1) is 43.5 Å². The third kappa shape index (κ3) is 7.49. The van der Waals surface area contributed by atoms with Crippen LogP contribution in [-0.4, -0.2) is 67.1 Å². The van der Waals surface area contributed by atoms with Crippen molar-refractivity contribution in [3.63, 3.8) is 0 Å². The molecule has 3 atom stereocenters. The van der Waals surface area contributed by atoms with Crippen LogP contribution >= 0.6 is 0 Å². The average Bonchev–Trinajstić information content (AvgIpc) is 2.85. The van der Waals surface area contributed by atoms with Crippen LogP contribution in [0, 0.1) is 17.7 Å². The number of ether oxygens (including phenoxy) is 2. The number of aliphatic hydroxyl groups is 1. The monoisotopic (exact) mass is 560 g/mol. The fourth-order valence-corrected chi connectivity index (χ4v) is 4.43. The Labute approximate surface area is 221 Å². The molecule has 0 spiro atoms. The second-order valence-electron chi connectivity index (χ2n) is 9.34. The Hall–Kier alpha value is -2.69. The maximum atomic E-state index is 13.6. The minimum atomic E-state index is -5.06. The van der Waals surface area contributed by atoms with E-state index in [1.807, 2.05) is 4.90 Å². The molecule has 2 heterocycles. The first-order chi connectivity index (χ1) is 18.5. The minimum absolute atomic E-state index is 0.0109. The van der Waals surface area contributed by atoms with Crippen LogP contribution in [0.25, 0.3) is 0 Å². The summed E-state index contributed by atoms with van der Waals surface area (Å²) in [5, 5.41) is 9.98. The van der Waals surface area contributed by atoms with Gasteiger partial charge in [-0.05, 0) is 47.9 Å². The molecule has 2 aliphatic rings. The van der Waals surface area contributed by atoms with E-state index in [4.69, 9.17) is 9.47 Å². The zero-order chi connectivity index (χ0) is 28.2. The fraction of sp³-hybridized carbons (Fsp3) is 0.481. The van der Waals surface area contributed by atoms with Crippen LogP contribution in [-0.2, 0) is 21.8 Å². The fourth-order valence-electron chi connectivity index (χ4n) is 4.43. The highest BCUT2D eigenvalue weighted by Gasteiger charge is 2.40. The maximum Gasteiger partial charge on any atom is 0.416 e. The number of benzene rings is 2. The average molecular weight is 561 g/mol. The number of nitrogens with zero attached hydrogens (tertiary/aromatic N) is 2. The van der Waals surface area contributed by atoms with Gasteiger partial charge in [0.2, 0.25) is 0 Å². The van der Waals surface area contributed by atoms with Crippen LogP contribution in [0.3, 0.4) is 0 Å². The highest BCUT2D eigenvalue weighted by atomic mass is 19.4. The smallest absolute Gasteiger partial charge is 0.393 e. The molecule has 0 amide bonds. The lowest BCUT2D eigenvalue weighted by Crippen LogP contribution is -2.47. The van der Waals surface area contributed by atoms with Crippen molar-refractivity contribution in [3.05, 3.63) is 70.5 Å². The second-order valence-corrected chi connectivity index (χ2v) is 9.34. The van der Waals surface area contributed by atoms with Crippen LogP contribution in [0.2, 0.25) is 0 Å². The highest BCUT2D eigenvalue weighted by molar-refractivity contribution is 5.35. The number of aliphatic hydroxyl groups excluding tert-OH is 1. The third-order valence-electron chi connectivity index (χ3n) is 6.63. The molecular formula is C27H27F7N2O3. The number of alkyl halides is 6. The molecule has 2 aromatic rings. The molecule has 0 radical (unpaired) electrons. The van der Waals surface area contributed by atoms with Gasteiger partial charge in [-0.3, -0.25) is 9.80 Å². The summed E-state index contributed by atoms with van der Waals surface area (Å²) in [5.74, 6) is 5.68. The van der Waals surface area contributed by atoms with Crippen molar-refractivity contribution in [2.75, 3.05) is 45.9 Å². The SMILES string of the molecule is OCC(OC1OCCN(CC#CCN2CCC2)C1c1ccc(F)cc1)c1cc(C(F)(F)F)cc(C(F)(F)F)c1. The summed E-state index contributed by atoms with van der Waals surface area (Å²) < 4.78 is 106. The van der Waals surface area contributed by atoms with Gasteiger partial charge in [-0.25, -0.2) is 4.39 Å². The molecule has 4 rings (SSSR count). The van der Waals surface area contributed by atoms with E-state index < -0.39 is 59.9 Å². The molecule has 0 aromatic heterocycles. The molecular weight excluding hydrogens is 533 g/mol. The van der Waals surface area contributed by atoms with Crippen molar-refractivity contribution in [2.45, 2.75) is 37.2 Å². The van der Waals surface area contributed by atoms with E-state index in [2.05, 4.69) is 16.7 Å². The molecule has 39 heavy (non-hydrogen) atoms. The van der Waals surface area contributed by atoms with Crippen LogP contribution in [0.15, 0.2) is 42.5 Å². The van der Waals surface area contributed by atoms with Gasteiger partial charge in [0.15, 0.2) is 6.29 Å². The zero-order valence-corrected chi connectivity index (χ0v) is 20.7. The summed E-state index contributed by atoms with van der Waals surface area (Å²) in [6.07, 6.45) is -11.8. The molecule has 3 unspecified atom stereocenters. The lowest BCUT2D eigenvalue weighted by Gasteiger charge is -2.41. The van der Waals surface area contributed by atoms with Crippen LogP contribution in [0.5, 0.6) is 0 Å². The quantitative estimate of drug-likeness (QED) is 0.381. The van der Waals surface area contributed by atoms with Crippen LogP contribution in [0.1, 0.15) is 40.8 Å². The van der Waals surface area contributed by atoms with Crippen molar-refractivity contribution >= 4 is 0 Å². The zero-order valence-electron chi connectivity index (χ0n) is 20.7. The van der Waals surface area contributed by atoms with Crippen molar-refractivity contribution in [1.29, 1.82) is 0 Å².